The quantitative estimate of drug-likeness (QED) is 0.586. The van der Waals surface area contributed by atoms with Crippen molar-refractivity contribution in [1.29, 1.82) is 0 Å². The molecule has 0 spiro atoms. The van der Waals surface area contributed by atoms with Gasteiger partial charge in [-0.05, 0) is 45.4 Å². The first kappa shape index (κ1) is 18.1. The second-order valence-electron chi connectivity index (χ2n) is 8.11. The van der Waals surface area contributed by atoms with Gasteiger partial charge in [-0.15, -0.1) is 5.54 Å². The van der Waals surface area contributed by atoms with Gasteiger partial charge in [0.25, 0.3) is 0 Å². The van der Waals surface area contributed by atoms with Gasteiger partial charge in [-0.2, -0.15) is 0 Å². The third-order valence-electron chi connectivity index (χ3n) is 4.21. The van der Waals surface area contributed by atoms with Gasteiger partial charge in [0.1, 0.15) is 8.07 Å². The molecule has 0 unspecified atom stereocenters. The van der Waals surface area contributed by atoms with Gasteiger partial charge in [-0.3, -0.25) is 0 Å². The smallest absolute Gasteiger partial charge is 0.400 e. The number of hydrogen-bond donors (Lipinski definition) is 0. The van der Waals surface area contributed by atoms with E-state index >= 15 is 0 Å². The first-order valence-electron chi connectivity index (χ1n) is 8.16. The minimum atomic E-state index is -1.32. The Balaban J connectivity index is 2.03. The summed E-state index contributed by atoms with van der Waals surface area (Å²) in [6.45, 7) is 15.0. The van der Waals surface area contributed by atoms with Crippen LogP contribution in [0.5, 0.6) is 0 Å². The van der Waals surface area contributed by atoms with E-state index in [1.54, 1.807) is 0 Å². The summed E-state index contributed by atoms with van der Waals surface area (Å²) >= 11 is 0. The Morgan fingerprint density at radius 2 is 1.48 bits per heavy atom. The summed E-state index contributed by atoms with van der Waals surface area (Å²) < 4.78 is 11.9. The molecule has 0 aliphatic carbocycles. The third kappa shape index (κ3) is 4.84. The molecule has 122 valence electrons. The van der Waals surface area contributed by atoms with Crippen LogP contribution >= 0.6 is 0 Å². The molecular formula is C19H27BO2Si. The van der Waals surface area contributed by atoms with E-state index < -0.39 is 8.07 Å². The van der Waals surface area contributed by atoms with Crippen LogP contribution in [0, 0.1) is 11.5 Å². The van der Waals surface area contributed by atoms with Crippen LogP contribution < -0.4 is 0 Å². The van der Waals surface area contributed by atoms with E-state index in [2.05, 4.69) is 83.1 Å². The Hall–Kier alpha value is -1.28. The van der Waals surface area contributed by atoms with Gasteiger partial charge in [-0.25, -0.2) is 0 Å². The van der Waals surface area contributed by atoms with Gasteiger partial charge < -0.3 is 9.31 Å². The zero-order valence-corrected chi connectivity index (χ0v) is 16.4. The predicted molar refractivity (Wildman–Crippen MR) is 102 cm³/mol. The minimum Gasteiger partial charge on any atom is -0.400 e. The van der Waals surface area contributed by atoms with Gasteiger partial charge >= 0.3 is 7.12 Å². The van der Waals surface area contributed by atoms with E-state index in [0.29, 0.717) is 0 Å². The van der Waals surface area contributed by atoms with E-state index in [-0.39, 0.29) is 18.3 Å². The lowest BCUT2D eigenvalue weighted by atomic mass is 9.89. The molecule has 1 fully saturated rings. The molecule has 1 heterocycles. The summed E-state index contributed by atoms with van der Waals surface area (Å²) in [6, 6.07) is 8.29. The van der Waals surface area contributed by atoms with E-state index in [1.165, 1.54) is 0 Å². The molecule has 2 nitrogen and oxygen atoms in total. The van der Waals surface area contributed by atoms with Gasteiger partial charge in [0.15, 0.2) is 0 Å². The zero-order chi connectivity index (χ0) is 17.3. The van der Waals surface area contributed by atoms with Crippen molar-refractivity contribution in [2.75, 3.05) is 0 Å². The second kappa shape index (κ2) is 6.32. The summed E-state index contributed by atoms with van der Waals surface area (Å²) in [5.74, 6) is 5.24. The van der Waals surface area contributed by atoms with Gasteiger partial charge in [-0.1, -0.05) is 49.7 Å². The Morgan fingerprint density at radius 3 is 1.96 bits per heavy atom. The van der Waals surface area contributed by atoms with E-state index in [4.69, 9.17) is 9.31 Å². The summed E-state index contributed by atoms with van der Waals surface area (Å²) in [7, 11) is -1.62. The van der Waals surface area contributed by atoms with E-state index in [1.807, 2.05) is 12.1 Å². The highest BCUT2D eigenvalue weighted by Gasteiger charge is 2.49. The molecule has 0 aromatic heterocycles. The lowest BCUT2D eigenvalue weighted by molar-refractivity contribution is 0.00578. The molecule has 1 aliphatic heterocycles. The van der Waals surface area contributed by atoms with Crippen molar-refractivity contribution in [3.05, 3.63) is 41.4 Å². The monoisotopic (exact) mass is 326 g/mol. The van der Waals surface area contributed by atoms with Crippen molar-refractivity contribution >= 4 is 21.3 Å². The lowest BCUT2D eigenvalue weighted by Gasteiger charge is -2.32. The summed E-state index contributed by atoms with van der Waals surface area (Å²) in [4.78, 5) is 0. The minimum absolute atomic E-state index is 0.293. The van der Waals surface area contributed by atoms with Gasteiger partial charge in [0.05, 0.1) is 11.2 Å². The standard InChI is InChI=1S/C19H27BO2Si/c1-18(2)19(3,4)22-20(21-18)14-12-16-8-10-17(11-9-16)13-15-23(5,6)7/h8-12,14H,1-7H3/b14-12+. The SMILES string of the molecule is CC1(C)OB(/C=C/c2ccc(C#C[Si](C)(C)C)cc2)OC1(C)C. The molecule has 23 heavy (non-hydrogen) atoms. The Kier molecular flexibility index (Phi) is 4.96. The Bertz CT molecular complexity index is 627. The van der Waals surface area contributed by atoms with Crippen molar-refractivity contribution in [1.82, 2.24) is 0 Å². The van der Waals surface area contributed by atoms with Crippen LogP contribution in [0.4, 0.5) is 0 Å². The van der Waals surface area contributed by atoms with Crippen molar-refractivity contribution in [3.63, 3.8) is 0 Å². The Morgan fingerprint density at radius 1 is 0.957 bits per heavy atom. The highest BCUT2D eigenvalue weighted by Crippen LogP contribution is 2.36. The maximum absolute atomic E-state index is 5.96. The molecule has 0 bridgehead atoms. The summed E-state index contributed by atoms with van der Waals surface area (Å²) in [5, 5.41) is 0. The molecule has 0 N–H and O–H groups in total. The van der Waals surface area contributed by atoms with Crippen molar-refractivity contribution in [3.8, 4) is 11.5 Å². The fourth-order valence-electron chi connectivity index (χ4n) is 2.09. The normalized spacial score (nSPS) is 19.7. The average molecular weight is 326 g/mol. The second-order valence-corrected chi connectivity index (χ2v) is 12.9. The first-order chi connectivity index (χ1) is 10.5. The molecule has 0 radical (unpaired) electrons. The van der Waals surface area contributed by atoms with Crippen LogP contribution in [0.25, 0.3) is 6.08 Å². The molecular weight excluding hydrogens is 299 g/mol. The van der Waals surface area contributed by atoms with Crippen LogP contribution in [-0.4, -0.2) is 26.4 Å². The van der Waals surface area contributed by atoms with Crippen LogP contribution in [0.15, 0.2) is 30.2 Å². The van der Waals surface area contributed by atoms with Crippen LogP contribution in [0.1, 0.15) is 38.8 Å². The highest BCUT2D eigenvalue weighted by atomic mass is 28.3. The molecule has 0 saturated carbocycles. The largest absolute Gasteiger partial charge is 0.487 e. The van der Waals surface area contributed by atoms with Crippen LogP contribution in [0.3, 0.4) is 0 Å². The first-order valence-corrected chi connectivity index (χ1v) is 11.7. The van der Waals surface area contributed by atoms with E-state index in [0.717, 1.165) is 11.1 Å². The summed E-state index contributed by atoms with van der Waals surface area (Å²) in [6.07, 6.45) is 2.04. The number of rotatable bonds is 2. The van der Waals surface area contributed by atoms with Crippen molar-refractivity contribution in [2.45, 2.75) is 58.5 Å². The maximum atomic E-state index is 5.96. The molecule has 1 aromatic carbocycles. The zero-order valence-electron chi connectivity index (χ0n) is 15.4. The fraction of sp³-hybridized carbons (Fsp3) is 0.474. The van der Waals surface area contributed by atoms with Crippen molar-refractivity contribution < 1.29 is 9.31 Å². The summed E-state index contributed by atoms with van der Waals surface area (Å²) in [5.41, 5.74) is 4.99. The lowest BCUT2D eigenvalue weighted by Crippen LogP contribution is -2.41. The molecule has 4 heteroatoms. The topological polar surface area (TPSA) is 18.5 Å². The van der Waals surface area contributed by atoms with E-state index in [9.17, 15) is 0 Å². The Labute approximate surface area is 142 Å². The van der Waals surface area contributed by atoms with Crippen LogP contribution in [-0.2, 0) is 9.31 Å². The van der Waals surface area contributed by atoms with Crippen molar-refractivity contribution in [2.24, 2.45) is 0 Å². The van der Waals surface area contributed by atoms with Gasteiger partial charge in [0, 0.05) is 5.56 Å². The predicted octanol–water partition coefficient (Wildman–Crippen LogP) is 4.56. The third-order valence-corrected chi connectivity index (χ3v) is 5.08. The molecule has 1 aromatic rings. The van der Waals surface area contributed by atoms with Crippen LogP contribution in [0.2, 0.25) is 19.6 Å². The number of benzene rings is 1. The highest BCUT2D eigenvalue weighted by molar-refractivity contribution is 6.83. The maximum Gasteiger partial charge on any atom is 0.487 e. The molecule has 2 rings (SSSR count). The fourth-order valence-corrected chi connectivity index (χ4v) is 2.61. The molecule has 0 atom stereocenters. The average Bonchev–Trinajstić information content (AvgIpc) is 2.62. The van der Waals surface area contributed by atoms with Gasteiger partial charge in [0.2, 0.25) is 0 Å². The number of hydrogen-bond acceptors (Lipinski definition) is 2. The molecule has 1 aliphatic rings. The molecule has 0 amide bonds. The molecule has 1 saturated heterocycles.